The number of amides is 2. The highest BCUT2D eigenvalue weighted by atomic mass is 35.5. The van der Waals surface area contributed by atoms with E-state index in [9.17, 15) is 14.4 Å². The first-order chi connectivity index (χ1) is 14.0. The van der Waals surface area contributed by atoms with E-state index in [1.54, 1.807) is 42.5 Å². The SMILES string of the molecule is CCCOC(=O)c1cccc(N2C(=O)C(Cl)=C(Nc3cccc(OC)c3)C2=O)c1. The topological polar surface area (TPSA) is 84.9 Å². The number of imide groups is 1. The van der Waals surface area contributed by atoms with Gasteiger partial charge in [-0.05, 0) is 36.8 Å². The third kappa shape index (κ3) is 4.25. The van der Waals surface area contributed by atoms with Crippen LogP contribution >= 0.6 is 11.6 Å². The molecule has 2 aromatic carbocycles. The Labute approximate surface area is 172 Å². The molecule has 0 aromatic heterocycles. The van der Waals surface area contributed by atoms with Crippen LogP contribution < -0.4 is 15.0 Å². The number of methoxy groups -OCH3 is 1. The number of hydrogen-bond donors (Lipinski definition) is 1. The largest absolute Gasteiger partial charge is 0.497 e. The molecule has 1 N–H and O–H groups in total. The van der Waals surface area contributed by atoms with Crippen molar-refractivity contribution in [2.45, 2.75) is 13.3 Å². The van der Waals surface area contributed by atoms with Crippen LogP contribution in [0, 0.1) is 0 Å². The molecule has 7 nitrogen and oxygen atoms in total. The molecular formula is C21H19ClN2O5. The van der Waals surface area contributed by atoms with E-state index in [1.165, 1.54) is 13.2 Å². The summed E-state index contributed by atoms with van der Waals surface area (Å²) in [6.07, 6.45) is 0.688. The molecule has 1 aliphatic heterocycles. The second kappa shape index (κ2) is 8.79. The van der Waals surface area contributed by atoms with Crippen LogP contribution in [0.1, 0.15) is 23.7 Å². The van der Waals surface area contributed by atoms with Crippen molar-refractivity contribution in [1.82, 2.24) is 0 Å². The Hall–Kier alpha value is -3.32. The van der Waals surface area contributed by atoms with Gasteiger partial charge in [-0.3, -0.25) is 9.59 Å². The van der Waals surface area contributed by atoms with Crippen LogP contribution in [0.4, 0.5) is 11.4 Å². The first-order valence-corrected chi connectivity index (χ1v) is 9.31. The summed E-state index contributed by atoms with van der Waals surface area (Å²) in [5.41, 5.74) is 0.953. The van der Waals surface area contributed by atoms with Gasteiger partial charge in [0.1, 0.15) is 16.5 Å². The van der Waals surface area contributed by atoms with Crippen molar-refractivity contribution in [3.05, 3.63) is 64.8 Å². The van der Waals surface area contributed by atoms with E-state index in [0.717, 1.165) is 4.90 Å². The normalized spacial score (nSPS) is 13.7. The average molecular weight is 415 g/mol. The Balaban J connectivity index is 1.85. The van der Waals surface area contributed by atoms with Gasteiger partial charge in [0.2, 0.25) is 0 Å². The maximum atomic E-state index is 12.9. The van der Waals surface area contributed by atoms with E-state index in [-0.39, 0.29) is 28.6 Å². The van der Waals surface area contributed by atoms with Crippen molar-refractivity contribution in [2.75, 3.05) is 23.9 Å². The standard InChI is InChI=1S/C21H19ClN2O5/c1-3-10-29-21(27)13-6-4-8-15(11-13)24-19(25)17(22)18(20(24)26)23-14-7-5-9-16(12-14)28-2/h4-9,11-12,23H,3,10H2,1-2H3. The summed E-state index contributed by atoms with van der Waals surface area (Å²) in [4.78, 5) is 38.5. The number of nitrogens with one attached hydrogen (secondary N) is 1. The average Bonchev–Trinajstić information content (AvgIpc) is 2.95. The number of ether oxygens (including phenoxy) is 2. The zero-order chi connectivity index (χ0) is 21.0. The molecule has 3 rings (SSSR count). The lowest BCUT2D eigenvalue weighted by molar-refractivity contribution is -0.120. The molecule has 150 valence electrons. The third-order valence-electron chi connectivity index (χ3n) is 4.14. The highest BCUT2D eigenvalue weighted by Crippen LogP contribution is 2.31. The third-order valence-corrected chi connectivity index (χ3v) is 4.49. The molecule has 1 aliphatic rings. The van der Waals surface area contributed by atoms with Crippen LogP contribution in [-0.4, -0.2) is 31.5 Å². The Kier molecular flexibility index (Phi) is 6.19. The number of esters is 1. The first-order valence-electron chi connectivity index (χ1n) is 8.93. The summed E-state index contributed by atoms with van der Waals surface area (Å²) in [7, 11) is 1.52. The number of nitrogens with zero attached hydrogens (tertiary/aromatic N) is 1. The second-order valence-corrected chi connectivity index (χ2v) is 6.56. The van der Waals surface area contributed by atoms with Crippen molar-refractivity contribution in [3.63, 3.8) is 0 Å². The summed E-state index contributed by atoms with van der Waals surface area (Å²) in [6.45, 7) is 2.17. The van der Waals surface area contributed by atoms with Gasteiger partial charge in [-0.15, -0.1) is 0 Å². The lowest BCUT2D eigenvalue weighted by Crippen LogP contribution is -2.32. The number of rotatable bonds is 7. The van der Waals surface area contributed by atoms with Crippen molar-refractivity contribution in [2.24, 2.45) is 0 Å². The Morgan fingerprint density at radius 3 is 2.59 bits per heavy atom. The molecular weight excluding hydrogens is 396 g/mol. The van der Waals surface area contributed by atoms with E-state index in [2.05, 4.69) is 5.32 Å². The molecule has 8 heteroatoms. The van der Waals surface area contributed by atoms with Gasteiger partial charge in [0.25, 0.3) is 11.8 Å². The lowest BCUT2D eigenvalue weighted by Gasteiger charge is -2.16. The Morgan fingerprint density at radius 1 is 1.10 bits per heavy atom. The molecule has 29 heavy (non-hydrogen) atoms. The van der Waals surface area contributed by atoms with Crippen LogP contribution in [0.15, 0.2) is 59.3 Å². The van der Waals surface area contributed by atoms with Crippen LogP contribution in [0.2, 0.25) is 0 Å². The first kappa shape index (κ1) is 20.4. The highest BCUT2D eigenvalue weighted by Gasteiger charge is 2.39. The summed E-state index contributed by atoms with van der Waals surface area (Å²) in [6, 6.07) is 13.0. The fourth-order valence-corrected chi connectivity index (χ4v) is 2.95. The molecule has 2 amide bonds. The monoisotopic (exact) mass is 414 g/mol. The smallest absolute Gasteiger partial charge is 0.338 e. The zero-order valence-electron chi connectivity index (χ0n) is 15.9. The number of carbonyl (C=O) groups is 3. The molecule has 0 fully saturated rings. The van der Waals surface area contributed by atoms with E-state index >= 15 is 0 Å². The van der Waals surface area contributed by atoms with E-state index in [0.29, 0.717) is 17.9 Å². The molecule has 0 saturated carbocycles. The number of carbonyl (C=O) groups excluding carboxylic acids is 3. The predicted octanol–water partition coefficient (Wildman–Crippen LogP) is 3.70. The minimum absolute atomic E-state index is 0.0520. The van der Waals surface area contributed by atoms with E-state index in [1.807, 2.05) is 6.92 Å². The van der Waals surface area contributed by atoms with Crippen LogP contribution in [0.25, 0.3) is 0 Å². The fraction of sp³-hybridized carbons (Fsp3) is 0.190. The molecule has 0 unspecified atom stereocenters. The summed E-state index contributed by atoms with van der Waals surface area (Å²) < 4.78 is 10.3. The second-order valence-electron chi connectivity index (χ2n) is 6.18. The van der Waals surface area contributed by atoms with Gasteiger partial charge in [-0.2, -0.15) is 0 Å². The molecule has 0 saturated heterocycles. The van der Waals surface area contributed by atoms with Crippen molar-refractivity contribution in [3.8, 4) is 5.75 Å². The van der Waals surface area contributed by atoms with Crippen molar-refractivity contribution < 1.29 is 23.9 Å². The number of benzene rings is 2. The van der Waals surface area contributed by atoms with E-state index < -0.39 is 17.8 Å². The maximum Gasteiger partial charge on any atom is 0.338 e. The number of anilines is 2. The number of halogens is 1. The maximum absolute atomic E-state index is 12.9. The fourth-order valence-electron chi connectivity index (χ4n) is 2.74. The Morgan fingerprint density at radius 2 is 1.86 bits per heavy atom. The molecule has 0 radical (unpaired) electrons. The minimum atomic E-state index is -0.680. The van der Waals surface area contributed by atoms with Gasteiger partial charge in [-0.25, -0.2) is 9.69 Å². The van der Waals surface area contributed by atoms with Crippen molar-refractivity contribution >= 4 is 40.8 Å². The predicted molar refractivity (Wildman–Crippen MR) is 109 cm³/mol. The molecule has 0 spiro atoms. The lowest BCUT2D eigenvalue weighted by atomic mass is 10.2. The van der Waals surface area contributed by atoms with Gasteiger partial charge >= 0.3 is 5.97 Å². The van der Waals surface area contributed by atoms with Crippen molar-refractivity contribution in [1.29, 1.82) is 0 Å². The number of hydrogen-bond acceptors (Lipinski definition) is 6. The summed E-state index contributed by atoms with van der Waals surface area (Å²) in [5.74, 6) is -1.25. The quantitative estimate of drug-likeness (QED) is 0.549. The zero-order valence-corrected chi connectivity index (χ0v) is 16.7. The molecule has 0 aliphatic carbocycles. The molecule has 0 bridgehead atoms. The van der Waals surface area contributed by atoms with Crippen LogP contribution in [-0.2, 0) is 14.3 Å². The minimum Gasteiger partial charge on any atom is -0.497 e. The van der Waals surface area contributed by atoms with Crippen LogP contribution in [0.3, 0.4) is 0 Å². The van der Waals surface area contributed by atoms with Gasteiger partial charge in [0.15, 0.2) is 0 Å². The molecule has 1 heterocycles. The van der Waals surface area contributed by atoms with Crippen LogP contribution in [0.5, 0.6) is 5.75 Å². The van der Waals surface area contributed by atoms with Gasteiger partial charge in [-0.1, -0.05) is 30.7 Å². The highest BCUT2D eigenvalue weighted by molar-refractivity contribution is 6.53. The van der Waals surface area contributed by atoms with Gasteiger partial charge in [0, 0.05) is 11.8 Å². The van der Waals surface area contributed by atoms with Gasteiger partial charge in [0.05, 0.1) is 25.0 Å². The Bertz CT molecular complexity index is 1000. The van der Waals surface area contributed by atoms with Gasteiger partial charge < -0.3 is 14.8 Å². The summed E-state index contributed by atoms with van der Waals surface area (Å²) >= 11 is 6.14. The molecule has 0 atom stereocenters. The molecule has 2 aromatic rings. The summed E-state index contributed by atoms with van der Waals surface area (Å²) in [5, 5.41) is 2.64. The van der Waals surface area contributed by atoms with E-state index in [4.69, 9.17) is 21.1 Å².